The minimum atomic E-state index is 0.143. The first-order valence-electron chi connectivity index (χ1n) is 6.70. The minimum absolute atomic E-state index is 0.143. The molecule has 0 aromatic carbocycles. The maximum Gasteiger partial charge on any atom is 0.237 e. The van der Waals surface area contributed by atoms with Gasteiger partial charge >= 0.3 is 0 Å². The number of rotatable bonds is 8. The fourth-order valence-electron chi connectivity index (χ4n) is 1.94. The number of aromatic nitrogens is 1. The number of nitrogens with one attached hydrogen (secondary N) is 1. The topological polar surface area (TPSA) is 54.5 Å². The van der Waals surface area contributed by atoms with E-state index in [-0.39, 0.29) is 5.91 Å². The van der Waals surface area contributed by atoms with Gasteiger partial charge in [0, 0.05) is 25.9 Å². The quantitative estimate of drug-likeness (QED) is 0.705. The van der Waals surface area contributed by atoms with Gasteiger partial charge in [0.15, 0.2) is 0 Å². The van der Waals surface area contributed by atoms with Crippen LogP contribution in [-0.2, 0) is 16.1 Å². The molecule has 0 spiro atoms. The third-order valence-electron chi connectivity index (χ3n) is 3.13. The number of pyridine rings is 1. The predicted molar refractivity (Wildman–Crippen MR) is 72.6 cm³/mol. The van der Waals surface area contributed by atoms with E-state index in [9.17, 15) is 4.79 Å². The molecule has 1 fully saturated rings. The Kier molecular flexibility index (Phi) is 5.30. The summed E-state index contributed by atoms with van der Waals surface area (Å²) in [6.45, 7) is 2.30. The Morgan fingerprint density at radius 3 is 3.00 bits per heavy atom. The summed E-state index contributed by atoms with van der Waals surface area (Å²) in [5.74, 6) is 0.143. The number of ether oxygens (including phenoxy) is 1. The lowest BCUT2D eigenvalue weighted by molar-refractivity contribution is -0.131. The second kappa shape index (κ2) is 7.21. The Morgan fingerprint density at radius 2 is 2.37 bits per heavy atom. The molecule has 5 nitrogen and oxygen atoms in total. The average molecular weight is 263 g/mol. The second-order valence-corrected chi connectivity index (χ2v) is 4.74. The van der Waals surface area contributed by atoms with E-state index in [0.29, 0.717) is 32.3 Å². The summed E-state index contributed by atoms with van der Waals surface area (Å²) in [6.07, 6.45) is 3.98. The summed E-state index contributed by atoms with van der Waals surface area (Å²) in [6, 6.07) is 6.20. The molecule has 0 atom stereocenters. The normalized spacial score (nSPS) is 14.4. The standard InChI is InChI=1S/C14H21N3O2/c1-19-9-8-15-10-14(18)17(13-5-6-13)11-12-4-2-3-7-16-12/h2-4,7,13,15H,5-6,8-11H2,1H3. The third-order valence-corrected chi connectivity index (χ3v) is 3.13. The van der Waals surface area contributed by atoms with Gasteiger partial charge in [0.25, 0.3) is 0 Å². The van der Waals surface area contributed by atoms with Crippen LogP contribution in [0.1, 0.15) is 18.5 Å². The Bertz CT molecular complexity index is 393. The van der Waals surface area contributed by atoms with E-state index in [4.69, 9.17) is 4.74 Å². The van der Waals surface area contributed by atoms with Crippen LogP contribution in [-0.4, -0.2) is 48.6 Å². The van der Waals surface area contributed by atoms with E-state index < -0.39 is 0 Å². The van der Waals surface area contributed by atoms with Crippen molar-refractivity contribution in [1.82, 2.24) is 15.2 Å². The molecule has 5 heteroatoms. The van der Waals surface area contributed by atoms with Crippen molar-refractivity contribution in [2.24, 2.45) is 0 Å². The lowest BCUT2D eigenvalue weighted by Crippen LogP contribution is -2.40. The van der Waals surface area contributed by atoms with Crippen LogP contribution in [0.25, 0.3) is 0 Å². The smallest absolute Gasteiger partial charge is 0.237 e. The van der Waals surface area contributed by atoms with Crippen molar-refractivity contribution in [2.75, 3.05) is 26.8 Å². The molecule has 0 bridgehead atoms. The lowest BCUT2D eigenvalue weighted by Gasteiger charge is -2.22. The molecule has 104 valence electrons. The van der Waals surface area contributed by atoms with E-state index in [1.54, 1.807) is 13.3 Å². The highest BCUT2D eigenvalue weighted by Gasteiger charge is 2.32. The highest BCUT2D eigenvalue weighted by atomic mass is 16.5. The maximum absolute atomic E-state index is 12.2. The largest absolute Gasteiger partial charge is 0.383 e. The summed E-state index contributed by atoms with van der Waals surface area (Å²) in [7, 11) is 1.65. The lowest BCUT2D eigenvalue weighted by atomic mass is 10.3. The van der Waals surface area contributed by atoms with Gasteiger partial charge in [-0.1, -0.05) is 6.07 Å². The summed E-state index contributed by atoms with van der Waals surface area (Å²) in [4.78, 5) is 18.4. The van der Waals surface area contributed by atoms with E-state index in [0.717, 1.165) is 18.5 Å². The number of carbonyl (C=O) groups is 1. The van der Waals surface area contributed by atoms with Crippen LogP contribution >= 0.6 is 0 Å². The maximum atomic E-state index is 12.2. The van der Waals surface area contributed by atoms with E-state index in [1.165, 1.54) is 0 Å². The first-order valence-corrected chi connectivity index (χ1v) is 6.70. The van der Waals surface area contributed by atoms with Gasteiger partial charge in [0.05, 0.1) is 25.4 Å². The van der Waals surface area contributed by atoms with E-state index in [1.807, 2.05) is 23.1 Å². The van der Waals surface area contributed by atoms with Gasteiger partial charge in [-0.25, -0.2) is 0 Å². The fourth-order valence-corrected chi connectivity index (χ4v) is 1.94. The van der Waals surface area contributed by atoms with Crippen molar-refractivity contribution in [1.29, 1.82) is 0 Å². The Balaban J connectivity index is 1.83. The first kappa shape index (κ1) is 14.0. The molecule has 1 amide bonds. The van der Waals surface area contributed by atoms with Crippen molar-refractivity contribution < 1.29 is 9.53 Å². The zero-order valence-corrected chi connectivity index (χ0v) is 11.3. The van der Waals surface area contributed by atoms with Crippen molar-refractivity contribution in [3.8, 4) is 0 Å². The fraction of sp³-hybridized carbons (Fsp3) is 0.571. The molecule has 1 saturated carbocycles. The second-order valence-electron chi connectivity index (χ2n) is 4.74. The van der Waals surface area contributed by atoms with Crippen LogP contribution in [0.2, 0.25) is 0 Å². The van der Waals surface area contributed by atoms with Gasteiger partial charge in [0.2, 0.25) is 5.91 Å². The van der Waals surface area contributed by atoms with Crippen LogP contribution in [0, 0.1) is 0 Å². The van der Waals surface area contributed by atoms with E-state index >= 15 is 0 Å². The number of amides is 1. The third kappa shape index (κ3) is 4.61. The van der Waals surface area contributed by atoms with Crippen molar-refractivity contribution >= 4 is 5.91 Å². The van der Waals surface area contributed by atoms with Gasteiger partial charge in [-0.3, -0.25) is 9.78 Å². The Labute approximate surface area is 114 Å². The van der Waals surface area contributed by atoms with Crippen LogP contribution in [0.15, 0.2) is 24.4 Å². The van der Waals surface area contributed by atoms with Gasteiger partial charge in [-0.05, 0) is 25.0 Å². The van der Waals surface area contributed by atoms with Crippen LogP contribution in [0.5, 0.6) is 0 Å². The highest BCUT2D eigenvalue weighted by molar-refractivity contribution is 5.78. The summed E-state index contributed by atoms with van der Waals surface area (Å²) < 4.78 is 4.94. The molecule has 1 heterocycles. The molecule has 0 radical (unpaired) electrons. The average Bonchev–Trinajstić information content (AvgIpc) is 3.26. The van der Waals surface area contributed by atoms with Gasteiger partial charge in [0.1, 0.15) is 0 Å². The molecule has 1 aliphatic rings. The molecular weight excluding hydrogens is 242 g/mol. The van der Waals surface area contributed by atoms with E-state index in [2.05, 4.69) is 10.3 Å². The summed E-state index contributed by atoms with van der Waals surface area (Å²) >= 11 is 0. The minimum Gasteiger partial charge on any atom is -0.383 e. The molecule has 1 aromatic heterocycles. The zero-order valence-electron chi connectivity index (χ0n) is 11.3. The highest BCUT2D eigenvalue weighted by Crippen LogP contribution is 2.27. The van der Waals surface area contributed by atoms with Crippen LogP contribution in [0.4, 0.5) is 0 Å². The summed E-state index contributed by atoms with van der Waals surface area (Å²) in [5, 5.41) is 3.10. The Morgan fingerprint density at radius 1 is 1.53 bits per heavy atom. The Hall–Kier alpha value is -1.46. The molecule has 19 heavy (non-hydrogen) atoms. The number of carbonyl (C=O) groups excluding carboxylic acids is 1. The number of hydrogen-bond donors (Lipinski definition) is 1. The molecule has 0 aliphatic heterocycles. The predicted octanol–water partition coefficient (Wildman–Crippen LogP) is 0.809. The van der Waals surface area contributed by atoms with Gasteiger partial charge in [-0.15, -0.1) is 0 Å². The molecule has 2 rings (SSSR count). The van der Waals surface area contributed by atoms with Crippen molar-refractivity contribution in [3.05, 3.63) is 30.1 Å². The molecule has 1 N–H and O–H groups in total. The molecule has 1 aromatic rings. The zero-order chi connectivity index (χ0) is 13.5. The molecular formula is C14H21N3O2. The van der Waals surface area contributed by atoms with Gasteiger partial charge < -0.3 is 15.0 Å². The first-order chi connectivity index (χ1) is 9.31. The number of hydrogen-bond acceptors (Lipinski definition) is 4. The van der Waals surface area contributed by atoms with Crippen molar-refractivity contribution in [2.45, 2.75) is 25.4 Å². The number of nitrogens with zero attached hydrogens (tertiary/aromatic N) is 2. The van der Waals surface area contributed by atoms with Crippen LogP contribution < -0.4 is 5.32 Å². The molecule has 0 saturated heterocycles. The summed E-state index contributed by atoms with van der Waals surface area (Å²) in [5.41, 5.74) is 0.944. The van der Waals surface area contributed by atoms with Crippen LogP contribution in [0.3, 0.4) is 0 Å². The van der Waals surface area contributed by atoms with Crippen molar-refractivity contribution in [3.63, 3.8) is 0 Å². The molecule has 1 aliphatic carbocycles. The SMILES string of the molecule is COCCNCC(=O)N(Cc1ccccn1)C1CC1. The molecule has 0 unspecified atom stereocenters. The monoisotopic (exact) mass is 263 g/mol. The van der Waals surface area contributed by atoms with Gasteiger partial charge in [-0.2, -0.15) is 0 Å². The number of methoxy groups -OCH3 is 1.